The van der Waals surface area contributed by atoms with Gasteiger partial charge in [-0.15, -0.1) is 0 Å². The highest BCUT2D eigenvalue weighted by Crippen LogP contribution is 2.14. The van der Waals surface area contributed by atoms with Gasteiger partial charge in [-0.25, -0.2) is 4.98 Å². The molecule has 4 N–H and O–H groups in total. The third-order valence-electron chi connectivity index (χ3n) is 1.69. The van der Waals surface area contributed by atoms with Gasteiger partial charge in [0, 0.05) is 6.54 Å². The first kappa shape index (κ1) is 13.3. The van der Waals surface area contributed by atoms with E-state index in [1.54, 1.807) is 0 Å². The van der Waals surface area contributed by atoms with Gasteiger partial charge in [-0.3, -0.25) is 4.79 Å². The van der Waals surface area contributed by atoms with Crippen molar-refractivity contribution < 1.29 is 17.9 Å². The Bertz CT molecular complexity index is 418. The number of nitrogens with zero attached hydrogens (tertiary/aromatic N) is 1. The summed E-state index contributed by atoms with van der Waals surface area (Å²) >= 11 is 0. The minimum Gasteiger partial charge on any atom is -0.391 e. The standard InChI is InChI=1S/C8H11F3N4O2/c9-8(10,11)3-17-2-1-13-6-5(12)7(16)15-4-14-6/h4H,1-3,12H2,(H2,13,14,15,16). The van der Waals surface area contributed by atoms with Crippen molar-refractivity contribution in [3.05, 3.63) is 16.7 Å². The number of H-pyrrole nitrogens is 1. The van der Waals surface area contributed by atoms with Crippen LogP contribution in [0.4, 0.5) is 24.7 Å². The van der Waals surface area contributed by atoms with Gasteiger partial charge in [0.2, 0.25) is 0 Å². The van der Waals surface area contributed by atoms with Crippen LogP contribution in [0.2, 0.25) is 0 Å². The monoisotopic (exact) mass is 252 g/mol. The normalized spacial score (nSPS) is 11.5. The topological polar surface area (TPSA) is 93.0 Å². The molecule has 96 valence electrons. The van der Waals surface area contributed by atoms with Gasteiger partial charge >= 0.3 is 6.18 Å². The molecule has 0 atom stereocenters. The predicted molar refractivity (Wildman–Crippen MR) is 54.6 cm³/mol. The van der Waals surface area contributed by atoms with E-state index in [9.17, 15) is 18.0 Å². The number of ether oxygens (including phenoxy) is 1. The lowest BCUT2D eigenvalue weighted by Gasteiger charge is -2.09. The van der Waals surface area contributed by atoms with Gasteiger partial charge in [0.25, 0.3) is 5.56 Å². The second-order valence-corrected chi connectivity index (χ2v) is 3.09. The summed E-state index contributed by atoms with van der Waals surface area (Å²) in [5.74, 6) is 0.115. The van der Waals surface area contributed by atoms with Crippen molar-refractivity contribution in [2.24, 2.45) is 0 Å². The van der Waals surface area contributed by atoms with E-state index < -0.39 is 18.3 Å². The summed E-state index contributed by atoms with van der Waals surface area (Å²) in [6.45, 7) is -1.42. The number of hydrogen-bond donors (Lipinski definition) is 3. The number of alkyl halides is 3. The number of aromatic amines is 1. The largest absolute Gasteiger partial charge is 0.411 e. The van der Waals surface area contributed by atoms with Crippen LogP contribution in [0.25, 0.3) is 0 Å². The Hall–Kier alpha value is -1.77. The molecule has 1 rings (SSSR count). The van der Waals surface area contributed by atoms with E-state index in [0.29, 0.717) is 0 Å². The number of halogens is 3. The van der Waals surface area contributed by atoms with Crippen molar-refractivity contribution in [3.63, 3.8) is 0 Å². The molecule has 1 aromatic heterocycles. The van der Waals surface area contributed by atoms with Crippen molar-refractivity contribution in [1.29, 1.82) is 0 Å². The van der Waals surface area contributed by atoms with E-state index in [1.165, 1.54) is 0 Å². The van der Waals surface area contributed by atoms with Gasteiger partial charge in [0.15, 0.2) is 5.82 Å². The average molecular weight is 252 g/mol. The van der Waals surface area contributed by atoms with E-state index in [0.717, 1.165) is 6.33 Å². The zero-order valence-electron chi connectivity index (χ0n) is 8.67. The maximum absolute atomic E-state index is 11.7. The van der Waals surface area contributed by atoms with E-state index in [4.69, 9.17) is 5.73 Å². The van der Waals surface area contributed by atoms with Crippen molar-refractivity contribution in [3.8, 4) is 0 Å². The van der Waals surface area contributed by atoms with E-state index >= 15 is 0 Å². The number of anilines is 2. The molecule has 0 aromatic carbocycles. The summed E-state index contributed by atoms with van der Waals surface area (Å²) in [4.78, 5) is 17.0. The third-order valence-corrected chi connectivity index (χ3v) is 1.69. The van der Waals surface area contributed by atoms with E-state index in [1.807, 2.05) is 0 Å². The first-order valence-corrected chi connectivity index (χ1v) is 4.61. The average Bonchev–Trinajstić information content (AvgIpc) is 2.22. The molecular formula is C8H11F3N4O2. The minimum absolute atomic E-state index is 0.0662. The molecular weight excluding hydrogens is 241 g/mol. The Kier molecular flexibility index (Phi) is 4.32. The van der Waals surface area contributed by atoms with Crippen molar-refractivity contribution >= 4 is 11.5 Å². The Morgan fingerprint density at radius 1 is 1.53 bits per heavy atom. The number of rotatable bonds is 5. The van der Waals surface area contributed by atoms with Crippen LogP contribution in [-0.4, -0.2) is 35.9 Å². The molecule has 0 unspecified atom stereocenters. The van der Waals surface area contributed by atoms with Gasteiger partial charge in [0.1, 0.15) is 12.3 Å². The van der Waals surface area contributed by atoms with Gasteiger partial charge in [0.05, 0.1) is 12.9 Å². The van der Waals surface area contributed by atoms with Crippen LogP contribution in [0.5, 0.6) is 0 Å². The summed E-state index contributed by atoms with van der Waals surface area (Å²) < 4.78 is 39.4. The van der Waals surface area contributed by atoms with E-state index in [2.05, 4.69) is 20.0 Å². The maximum atomic E-state index is 11.7. The number of aromatic nitrogens is 2. The van der Waals surface area contributed by atoms with Crippen LogP contribution in [0.3, 0.4) is 0 Å². The predicted octanol–water partition coefficient (Wildman–Crippen LogP) is 0.343. The molecule has 1 heterocycles. The fourth-order valence-electron chi connectivity index (χ4n) is 0.981. The zero-order chi connectivity index (χ0) is 12.9. The van der Waals surface area contributed by atoms with Crippen LogP contribution in [0.15, 0.2) is 11.1 Å². The quantitative estimate of drug-likeness (QED) is 0.657. The second-order valence-electron chi connectivity index (χ2n) is 3.09. The first-order chi connectivity index (χ1) is 7.90. The van der Waals surface area contributed by atoms with Crippen molar-refractivity contribution in [1.82, 2.24) is 9.97 Å². The molecule has 1 aromatic rings. The lowest BCUT2D eigenvalue weighted by Crippen LogP contribution is -2.21. The van der Waals surface area contributed by atoms with Gasteiger partial charge in [-0.1, -0.05) is 0 Å². The summed E-state index contributed by atoms with van der Waals surface area (Å²) in [7, 11) is 0. The Morgan fingerprint density at radius 3 is 2.88 bits per heavy atom. The van der Waals surface area contributed by atoms with Gasteiger partial charge in [-0.2, -0.15) is 13.2 Å². The number of nitrogen functional groups attached to an aromatic ring is 1. The Labute approximate surface area is 94.0 Å². The van der Waals surface area contributed by atoms with Crippen molar-refractivity contribution in [2.75, 3.05) is 30.8 Å². The number of hydrogen-bond acceptors (Lipinski definition) is 5. The first-order valence-electron chi connectivity index (χ1n) is 4.61. The summed E-state index contributed by atoms with van der Waals surface area (Å²) in [5.41, 5.74) is 4.74. The van der Waals surface area contributed by atoms with Crippen LogP contribution in [-0.2, 0) is 4.74 Å². The molecule has 6 nitrogen and oxygen atoms in total. The summed E-state index contributed by atoms with van der Waals surface area (Å²) in [5, 5.41) is 2.59. The zero-order valence-corrected chi connectivity index (χ0v) is 8.67. The van der Waals surface area contributed by atoms with E-state index in [-0.39, 0.29) is 24.7 Å². The molecule has 0 aliphatic rings. The molecule has 0 radical (unpaired) electrons. The lowest BCUT2D eigenvalue weighted by atomic mass is 10.4. The smallest absolute Gasteiger partial charge is 0.391 e. The number of nitrogens with two attached hydrogens (primary N) is 1. The molecule has 0 aliphatic carbocycles. The van der Waals surface area contributed by atoms with Crippen LogP contribution in [0, 0.1) is 0 Å². The fraction of sp³-hybridized carbons (Fsp3) is 0.500. The SMILES string of the molecule is Nc1c(NCCOCC(F)(F)F)nc[nH]c1=O. The molecule has 0 saturated carbocycles. The molecule has 0 fully saturated rings. The van der Waals surface area contributed by atoms with Gasteiger partial charge < -0.3 is 20.8 Å². The molecule has 0 saturated heterocycles. The molecule has 0 aliphatic heterocycles. The third kappa shape index (κ3) is 4.72. The minimum atomic E-state index is -4.35. The van der Waals surface area contributed by atoms with Crippen LogP contribution < -0.4 is 16.6 Å². The van der Waals surface area contributed by atoms with Crippen molar-refractivity contribution in [2.45, 2.75) is 6.18 Å². The fourth-order valence-corrected chi connectivity index (χ4v) is 0.981. The summed E-state index contributed by atoms with van der Waals surface area (Å²) in [6, 6.07) is 0. The molecule has 0 amide bonds. The van der Waals surface area contributed by atoms with Gasteiger partial charge in [-0.05, 0) is 0 Å². The maximum Gasteiger partial charge on any atom is 0.411 e. The van der Waals surface area contributed by atoms with Crippen LogP contribution in [0.1, 0.15) is 0 Å². The highest BCUT2D eigenvalue weighted by atomic mass is 19.4. The second kappa shape index (κ2) is 5.53. The highest BCUT2D eigenvalue weighted by molar-refractivity contribution is 5.58. The molecule has 0 spiro atoms. The lowest BCUT2D eigenvalue weighted by molar-refractivity contribution is -0.172. The molecule has 9 heteroatoms. The van der Waals surface area contributed by atoms with Crippen LogP contribution >= 0.6 is 0 Å². The molecule has 0 bridgehead atoms. The Morgan fingerprint density at radius 2 is 2.24 bits per heavy atom. The highest BCUT2D eigenvalue weighted by Gasteiger charge is 2.27. The number of nitrogens with one attached hydrogen (secondary N) is 2. The summed E-state index contributed by atoms with van der Waals surface area (Å²) in [6.07, 6.45) is -3.21. The Balaban J connectivity index is 2.32. The molecule has 17 heavy (non-hydrogen) atoms.